The van der Waals surface area contributed by atoms with Crippen molar-refractivity contribution >= 4 is 33.7 Å². The van der Waals surface area contributed by atoms with Gasteiger partial charge in [-0.15, -0.1) is 0 Å². The second-order valence-corrected chi connectivity index (χ2v) is 12.2. The summed E-state index contributed by atoms with van der Waals surface area (Å²) in [6, 6.07) is 37.0. The molecular weight excluding hydrogens is 616 g/mol. The fraction of sp³-hybridized carbons (Fsp3) is 0.0833. The molecule has 0 fully saturated rings. The van der Waals surface area contributed by atoms with Gasteiger partial charge in [0.1, 0.15) is 12.4 Å². The molecule has 5 aromatic carbocycles. The topological polar surface area (TPSA) is 165 Å². The predicted molar refractivity (Wildman–Crippen MR) is 181 cm³/mol. The Kier molecular flexibility index (Phi) is 10.1. The van der Waals surface area contributed by atoms with Gasteiger partial charge in [0.15, 0.2) is 0 Å². The monoisotopic (exact) mass is 648 g/mol. The van der Waals surface area contributed by atoms with E-state index in [2.05, 4.69) is 4.99 Å². The number of sulfonamides is 1. The summed E-state index contributed by atoms with van der Waals surface area (Å²) in [5.41, 5.74) is 11.5. The number of nitrogens with zero attached hydrogens (tertiary/aromatic N) is 2. The van der Waals surface area contributed by atoms with Gasteiger partial charge in [0.05, 0.1) is 11.4 Å². The molecule has 2 amide bonds. The lowest BCUT2D eigenvalue weighted by Gasteiger charge is -2.22. The Morgan fingerprint density at radius 2 is 1.40 bits per heavy atom. The van der Waals surface area contributed by atoms with E-state index < -0.39 is 22.2 Å². The molecule has 47 heavy (non-hydrogen) atoms. The van der Waals surface area contributed by atoms with E-state index in [9.17, 15) is 23.1 Å². The van der Waals surface area contributed by atoms with Gasteiger partial charge in [-0.05, 0) is 58.5 Å². The summed E-state index contributed by atoms with van der Waals surface area (Å²) in [7, 11) is -3.96. The molecule has 238 valence electrons. The molecule has 0 saturated heterocycles. The minimum Gasteiger partial charge on any atom is -0.465 e. The number of carbonyl (C=O) groups excluding carboxylic acids is 1. The summed E-state index contributed by atoms with van der Waals surface area (Å²) in [5.74, 6) is 0.0189. The SMILES string of the molecule is NC(=NC(=O)OCc1ccccc1)c1cccc(Cc2ccccc2CN(C(=O)O)c2ccc(-c3ccccc3S(N)(=O)=O)cc2)c1. The first-order valence-corrected chi connectivity index (χ1v) is 16.1. The normalized spacial score (nSPS) is 11.6. The Bertz CT molecular complexity index is 2030. The van der Waals surface area contributed by atoms with E-state index in [1.54, 1.807) is 48.5 Å². The molecule has 0 unspecified atom stereocenters. The van der Waals surface area contributed by atoms with Gasteiger partial charge in [-0.1, -0.05) is 103 Å². The number of carboxylic acid groups (broad SMARTS) is 1. The van der Waals surface area contributed by atoms with Gasteiger partial charge in [-0.2, -0.15) is 4.99 Å². The number of carbonyl (C=O) groups is 2. The number of hydrogen-bond donors (Lipinski definition) is 3. The average Bonchev–Trinajstić information content (AvgIpc) is 3.07. The highest BCUT2D eigenvalue weighted by Gasteiger charge is 2.19. The minimum atomic E-state index is -3.96. The zero-order chi connectivity index (χ0) is 33.4. The highest BCUT2D eigenvalue weighted by Crippen LogP contribution is 2.29. The van der Waals surface area contributed by atoms with Crippen molar-refractivity contribution in [3.63, 3.8) is 0 Å². The van der Waals surface area contributed by atoms with Gasteiger partial charge in [0.2, 0.25) is 10.0 Å². The maximum Gasteiger partial charge on any atom is 0.435 e. The molecule has 5 rings (SSSR count). The van der Waals surface area contributed by atoms with Gasteiger partial charge in [-0.3, -0.25) is 4.90 Å². The molecule has 0 atom stereocenters. The molecule has 0 aliphatic carbocycles. The molecule has 0 aliphatic rings. The first kappa shape index (κ1) is 32.6. The van der Waals surface area contributed by atoms with Crippen molar-refractivity contribution in [2.24, 2.45) is 15.9 Å². The maximum absolute atomic E-state index is 12.4. The van der Waals surface area contributed by atoms with E-state index in [0.717, 1.165) is 22.3 Å². The van der Waals surface area contributed by atoms with E-state index in [1.165, 1.54) is 11.0 Å². The van der Waals surface area contributed by atoms with Crippen LogP contribution in [0.3, 0.4) is 0 Å². The Labute approximate surface area is 272 Å². The number of ether oxygens (including phenoxy) is 1. The zero-order valence-electron chi connectivity index (χ0n) is 25.2. The quantitative estimate of drug-likeness (QED) is 0.118. The van der Waals surface area contributed by atoms with Crippen LogP contribution in [0.5, 0.6) is 0 Å². The first-order valence-electron chi connectivity index (χ1n) is 14.5. The van der Waals surface area contributed by atoms with E-state index >= 15 is 0 Å². The highest BCUT2D eigenvalue weighted by atomic mass is 32.2. The van der Waals surface area contributed by atoms with Crippen LogP contribution in [0, 0.1) is 0 Å². The lowest BCUT2D eigenvalue weighted by Crippen LogP contribution is -2.29. The van der Waals surface area contributed by atoms with E-state index in [0.29, 0.717) is 28.8 Å². The molecule has 0 aromatic heterocycles. The number of hydrogen-bond acceptors (Lipinski definition) is 5. The van der Waals surface area contributed by atoms with Crippen LogP contribution >= 0.6 is 0 Å². The molecular formula is C36H32N4O6S. The zero-order valence-corrected chi connectivity index (χ0v) is 26.0. The van der Waals surface area contributed by atoms with Crippen LogP contribution in [0.2, 0.25) is 0 Å². The maximum atomic E-state index is 12.4. The van der Waals surface area contributed by atoms with Crippen molar-refractivity contribution in [2.75, 3.05) is 4.90 Å². The molecule has 11 heteroatoms. The molecule has 0 radical (unpaired) electrons. The van der Waals surface area contributed by atoms with Crippen molar-refractivity contribution in [1.82, 2.24) is 0 Å². The van der Waals surface area contributed by atoms with Crippen molar-refractivity contribution in [3.8, 4) is 11.1 Å². The van der Waals surface area contributed by atoms with E-state index in [4.69, 9.17) is 15.6 Å². The lowest BCUT2D eigenvalue weighted by molar-refractivity contribution is 0.151. The highest BCUT2D eigenvalue weighted by molar-refractivity contribution is 7.89. The number of primary sulfonamides is 1. The summed E-state index contributed by atoms with van der Waals surface area (Å²) >= 11 is 0. The van der Waals surface area contributed by atoms with Crippen molar-refractivity contribution in [3.05, 3.63) is 155 Å². The Balaban J connectivity index is 1.32. The molecule has 5 N–H and O–H groups in total. The van der Waals surface area contributed by atoms with Crippen LogP contribution in [0.15, 0.2) is 137 Å². The number of amidine groups is 1. The number of anilines is 1. The second kappa shape index (κ2) is 14.5. The summed E-state index contributed by atoms with van der Waals surface area (Å²) in [4.78, 5) is 29.8. The molecule has 0 spiro atoms. The summed E-state index contributed by atoms with van der Waals surface area (Å²) in [5, 5.41) is 15.5. The fourth-order valence-corrected chi connectivity index (χ4v) is 5.83. The van der Waals surface area contributed by atoms with Gasteiger partial charge in [0, 0.05) is 16.8 Å². The Morgan fingerprint density at radius 1 is 0.766 bits per heavy atom. The lowest BCUT2D eigenvalue weighted by atomic mass is 9.98. The number of benzene rings is 5. The molecule has 0 aliphatic heterocycles. The number of aliphatic imine (C=N–C) groups is 1. The van der Waals surface area contributed by atoms with Crippen molar-refractivity contribution < 1.29 is 27.9 Å². The first-order chi connectivity index (χ1) is 22.6. The summed E-state index contributed by atoms with van der Waals surface area (Å²) in [6.45, 7) is 0.145. The van der Waals surface area contributed by atoms with Gasteiger partial charge >= 0.3 is 12.2 Å². The number of nitrogens with two attached hydrogens (primary N) is 2. The van der Waals surface area contributed by atoms with Crippen LogP contribution in [0.25, 0.3) is 11.1 Å². The van der Waals surface area contributed by atoms with E-state index in [-0.39, 0.29) is 23.9 Å². The van der Waals surface area contributed by atoms with Gasteiger partial charge in [0.25, 0.3) is 0 Å². The molecule has 10 nitrogen and oxygen atoms in total. The van der Waals surface area contributed by atoms with E-state index in [1.807, 2.05) is 72.8 Å². The van der Waals surface area contributed by atoms with Crippen molar-refractivity contribution in [1.29, 1.82) is 0 Å². The third-order valence-electron chi connectivity index (χ3n) is 7.40. The molecule has 0 saturated carbocycles. The third kappa shape index (κ3) is 8.48. The number of amides is 2. The Morgan fingerprint density at radius 3 is 2.11 bits per heavy atom. The third-order valence-corrected chi connectivity index (χ3v) is 8.36. The van der Waals surface area contributed by atoms with Crippen LogP contribution in [-0.2, 0) is 34.3 Å². The molecule has 0 bridgehead atoms. The standard InChI is InChI=1S/C36H32N4O6S/c37-34(39-35(41)46-24-25-9-2-1-3-10-25)29-14-8-11-26(22-29)21-28-12-4-5-13-30(28)23-40(36(42)43)31-19-17-27(18-20-31)32-15-6-7-16-33(32)47(38,44)45/h1-20,22H,21,23-24H2,(H,42,43)(H2,37,39,41)(H2,38,44,45). The minimum absolute atomic E-state index is 0.0168. The average molecular weight is 649 g/mol. The van der Waals surface area contributed by atoms with Gasteiger partial charge in [-0.25, -0.2) is 23.1 Å². The van der Waals surface area contributed by atoms with Crippen LogP contribution in [0.4, 0.5) is 15.3 Å². The van der Waals surface area contributed by atoms with Crippen LogP contribution in [-0.4, -0.2) is 31.5 Å². The predicted octanol–water partition coefficient (Wildman–Crippen LogP) is 6.32. The van der Waals surface area contributed by atoms with Crippen LogP contribution in [0.1, 0.15) is 27.8 Å². The smallest absolute Gasteiger partial charge is 0.435 e. The second-order valence-electron chi connectivity index (χ2n) is 10.6. The summed E-state index contributed by atoms with van der Waals surface area (Å²) in [6.07, 6.45) is -1.48. The molecule has 5 aromatic rings. The fourth-order valence-electron chi connectivity index (χ4n) is 5.07. The van der Waals surface area contributed by atoms with Gasteiger partial charge < -0.3 is 15.6 Å². The number of rotatable bonds is 10. The largest absolute Gasteiger partial charge is 0.465 e. The Hall–Kier alpha value is -5.78. The molecule has 0 heterocycles. The summed E-state index contributed by atoms with van der Waals surface area (Å²) < 4.78 is 29.4. The van der Waals surface area contributed by atoms with Crippen molar-refractivity contribution in [2.45, 2.75) is 24.5 Å². The van der Waals surface area contributed by atoms with Crippen LogP contribution < -0.4 is 15.8 Å².